The molecular formula is C11H21N3O2. The van der Waals surface area contributed by atoms with E-state index in [4.69, 9.17) is 0 Å². The zero-order valence-electron chi connectivity index (χ0n) is 9.84. The number of hydrogen-bond donors (Lipinski definition) is 3. The van der Waals surface area contributed by atoms with Gasteiger partial charge in [0.05, 0.1) is 6.54 Å². The van der Waals surface area contributed by atoms with Crippen molar-refractivity contribution in [3.63, 3.8) is 0 Å². The Hall–Kier alpha value is -1.26. The van der Waals surface area contributed by atoms with E-state index in [1.807, 2.05) is 0 Å². The van der Waals surface area contributed by atoms with Crippen LogP contribution in [0.1, 0.15) is 32.1 Å². The van der Waals surface area contributed by atoms with Gasteiger partial charge in [-0.1, -0.05) is 25.7 Å². The van der Waals surface area contributed by atoms with Crippen LogP contribution < -0.4 is 16.0 Å². The largest absolute Gasteiger partial charge is 0.358 e. The first-order valence-electron chi connectivity index (χ1n) is 5.94. The standard InChI is InChI=1S/C11H21N3O2/c1-12-10(15)8-14-11(16)13-7-6-9-4-2-3-5-9/h9H,2-8H2,1H3,(H,12,15)(H2,13,14,16). The van der Waals surface area contributed by atoms with Gasteiger partial charge in [-0.3, -0.25) is 4.79 Å². The lowest BCUT2D eigenvalue weighted by Gasteiger charge is -2.10. The third kappa shape index (κ3) is 5.00. The predicted octanol–water partition coefficient (Wildman–Crippen LogP) is 0.612. The minimum atomic E-state index is -0.262. The molecule has 0 radical (unpaired) electrons. The van der Waals surface area contributed by atoms with E-state index in [0.717, 1.165) is 12.3 Å². The molecule has 3 amide bonds. The molecule has 0 spiro atoms. The normalized spacial score (nSPS) is 15.8. The van der Waals surface area contributed by atoms with Gasteiger partial charge >= 0.3 is 6.03 Å². The highest BCUT2D eigenvalue weighted by atomic mass is 16.2. The number of likely N-dealkylation sites (N-methyl/N-ethyl adjacent to an activating group) is 1. The Labute approximate surface area is 96.4 Å². The van der Waals surface area contributed by atoms with E-state index in [9.17, 15) is 9.59 Å². The smallest absolute Gasteiger partial charge is 0.315 e. The molecule has 0 saturated heterocycles. The van der Waals surface area contributed by atoms with Crippen LogP contribution in [0.4, 0.5) is 4.79 Å². The van der Waals surface area contributed by atoms with Crippen molar-refractivity contribution in [3.8, 4) is 0 Å². The topological polar surface area (TPSA) is 70.2 Å². The molecule has 0 aromatic rings. The van der Waals surface area contributed by atoms with Crippen LogP contribution >= 0.6 is 0 Å². The summed E-state index contributed by atoms with van der Waals surface area (Å²) in [4.78, 5) is 22.1. The summed E-state index contributed by atoms with van der Waals surface area (Å²) >= 11 is 0. The molecule has 16 heavy (non-hydrogen) atoms. The van der Waals surface area contributed by atoms with Gasteiger partial charge in [-0.15, -0.1) is 0 Å². The van der Waals surface area contributed by atoms with E-state index in [1.165, 1.54) is 25.7 Å². The average Bonchev–Trinajstić information content (AvgIpc) is 2.79. The third-order valence-corrected chi connectivity index (χ3v) is 3.00. The van der Waals surface area contributed by atoms with Gasteiger partial charge in [0.25, 0.3) is 0 Å². The summed E-state index contributed by atoms with van der Waals surface area (Å²) in [7, 11) is 1.54. The minimum absolute atomic E-state index is 0.0335. The van der Waals surface area contributed by atoms with Crippen LogP contribution in [0.15, 0.2) is 0 Å². The number of amides is 3. The maximum atomic E-state index is 11.2. The first-order chi connectivity index (χ1) is 7.72. The van der Waals surface area contributed by atoms with Crippen LogP contribution in [0.5, 0.6) is 0 Å². The number of carbonyl (C=O) groups excluding carboxylic acids is 2. The Morgan fingerprint density at radius 3 is 2.50 bits per heavy atom. The summed E-state index contributed by atoms with van der Waals surface area (Å²) in [5, 5.41) is 7.70. The van der Waals surface area contributed by atoms with Crippen molar-refractivity contribution in [2.24, 2.45) is 5.92 Å². The molecule has 3 N–H and O–H groups in total. The molecule has 1 aliphatic carbocycles. The van der Waals surface area contributed by atoms with E-state index in [2.05, 4.69) is 16.0 Å². The van der Waals surface area contributed by atoms with Crippen LogP contribution in [0.2, 0.25) is 0 Å². The van der Waals surface area contributed by atoms with Crippen molar-refractivity contribution in [1.29, 1.82) is 0 Å². The van der Waals surface area contributed by atoms with Crippen LogP contribution in [-0.4, -0.2) is 32.1 Å². The SMILES string of the molecule is CNC(=O)CNC(=O)NCCC1CCCC1. The number of nitrogens with one attached hydrogen (secondary N) is 3. The lowest BCUT2D eigenvalue weighted by atomic mass is 10.0. The Balaban J connectivity index is 1.99. The second kappa shape index (κ2) is 7.09. The lowest BCUT2D eigenvalue weighted by molar-refractivity contribution is -0.119. The molecule has 1 saturated carbocycles. The lowest BCUT2D eigenvalue weighted by Crippen LogP contribution is -2.41. The Morgan fingerprint density at radius 2 is 1.88 bits per heavy atom. The summed E-state index contributed by atoms with van der Waals surface area (Å²) < 4.78 is 0. The molecule has 1 fully saturated rings. The van der Waals surface area contributed by atoms with Crippen molar-refractivity contribution in [3.05, 3.63) is 0 Å². The summed E-state index contributed by atoms with van der Waals surface area (Å²) in [5.41, 5.74) is 0. The first-order valence-corrected chi connectivity index (χ1v) is 5.94. The summed E-state index contributed by atoms with van der Waals surface area (Å²) in [6.07, 6.45) is 6.29. The van der Waals surface area contributed by atoms with Gasteiger partial charge in [0.2, 0.25) is 5.91 Å². The zero-order chi connectivity index (χ0) is 11.8. The molecule has 1 aliphatic rings. The number of hydrogen-bond acceptors (Lipinski definition) is 2. The first kappa shape index (κ1) is 12.8. The van der Waals surface area contributed by atoms with E-state index < -0.39 is 0 Å². The van der Waals surface area contributed by atoms with Crippen molar-refractivity contribution in [2.75, 3.05) is 20.1 Å². The van der Waals surface area contributed by atoms with Gasteiger partial charge in [0.15, 0.2) is 0 Å². The van der Waals surface area contributed by atoms with Gasteiger partial charge in [-0.2, -0.15) is 0 Å². The van der Waals surface area contributed by atoms with E-state index in [0.29, 0.717) is 6.54 Å². The van der Waals surface area contributed by atoms with Crippen LogP contribution in [0.25, 0.3) is 0 Å². The van der Waals surface area contributed by atoms with Crippen molar-refractivity contribution in [1.82, 2.24) is 16.0 Å². The number of urea groups is 1. The molecule has 0 atom stereocenters. The van der Waals surface area contributed by atoms with Crippen LogP contribution in [0, 0.1) is 5.92 Å². The zero-order valence-corrected chi connectivity index (χ0v) is 9.84. The Bertz CT molecular complexity index is 237. The summed E-state index contributed by atoms with van der Waals surface area (Å²) in [6.45, 7) is 0.732. The van der Waals surface area contributed by atoms with E-state index in [1.54, 1.807) is 7.05 Å². The molecule has 0 aromatic heterocycles. The Morgan fingerprint density at radius 1 is 1.19 bits per heavy atom. The van der Waals surface area contributed by atoms with Gasteiger partial charge in [0.1, 0.15) is 0 Å². The second-order valence-corrected chi connectivity index (χ2v) is 4.22. The highest BCUT2D eigenvalue weighted by molar-refractivity contribution is 5.83. The fraction of sp³-hybridized carbons (Fsp3) is 0.818. The monoisotopic (exact) mass is 227 g/mol. The van der Waals surface area contributed by atoms with Crippen molar-refractivity contribution in [2.45, 2.75) is 32.1 Å². The van der Waals surface area contributed by atoms with E-state index in [-0.39, 0.29) is 18.5 Å². The summed E-state index contributed by atoms with van der Waals surface area (Å²) in [5.74, 6) is 0.588. The molecule has 0 aromatic carbocycles. The highest BCUT2D eigenvalue weighted by Crippen LogP contribution is 2.26. The molecule has 5 nitrogen and oxygen atoms in total. The highest BCUT2D eigenvalue weighted by Gasteiger charge is 2.14. The maximum absolute atomic E-state index is 11.2. The molecule has 1 rings (SSSR count). The molecule has 0 heterocycles. The van der Waals surface area contributed by atoms with Crippen molar-refractivity contribution >= 4 is 11.9 Å². The molecule has 0 bridgehead atoms. The Kier molecular flexibility index (Phi) is 5.67. The molecular weight excluding hydrogens is 206 g/mol. The fourth-order valence-electron chi connectivity index (χ4n) is 2.00. The quantitative estimate of drug-likeness (QED) is 0.644. The molecule has 5 heteroatoms. The minimum Gasteiger partial charge on any atom is -0.358 e. The maximum Gasteiger partial charge on any atom is 0.315 e. The number of carbonyl (C=O) groups is 2. The van der Waals surface area contributed by atoms with Crippen LogP contribution in [0.3, 0.4) is 0 Å². The predicted molar refractivity (Wildman–Crippen MR) is 62.0 cm³/mol. The summed E-state index contributed by atoms with van der Waals surface area (Å²) in [6, 6.07) is -0.262. The van der Waals surface area contributed by atoms with Gasteiger partial charge in [0, 0.05) is 13.6 Å². The van der Waals surface area contributed by atoms with E-state index >= 15 is 0 Å². The van der Waals surface area contributed by atoms with Crippen molar-refractivity contribution < 1.29 is 9.59 Å². The molecule has 0 aliphatic heterocycles. The second-order valence-electron chi connectivity index (χ2n) is 4.22. The average molecular weight is 227 g/mol. The number of rotatable bonds is 5. The van der Waals surface area contributed by atoms with Crippen LogP contribution in [-0.2, 0) is 4.79 Å². The third-order valence-electron chi connectivity index (χ3n) is 3.00. The fourth-order valence-corrected chi connectivity index (χ4v) is 2.00. The molecule has 0 unspecified atom stereocenters. The molecule has 92 valence electrons. The van der Waals surface area contributed by atoms with Gasteiger partial charge in [-0.05, 0) is 12.3 Å². The van der Waals surface area contributed by atoms with Gasteiger partial charge < -0.3 is 16.0 Å². The van der Waals surface area contributed by atoms with Gasteiger partial charge in [-0.25, -0.2) is 4.79 Å².